The molecule has 5 aliphatic rings. The molecule has 0 aliphatic carbocycles. The van der Waals surface area contributed by atoms with Crippen molar-refractivity contribution in [2.45, 2.75) is 76.1 Å². The normalized spacial score (nSPS) is 22.8. The number of anilines is 1. The van der Waals surface area contributed by atoms with Crippen molar-refractivity contribution in [2.24, 2.45) is 0 Å². The molecule has 5 aliphatic heterocycles. The zero-order valence-electron chi connectivity index (χ0n) is 30.9. The van der Waals surface area contributed by atoms with Crippen molar-refractivity contribution in [3.05, 3.63) is 35.6 Å². The summed E-state index contributed by atoms with van der Waals surface area (Å²) < 4.78 is 59.1. The second-order valence-corrected chi connectivity index (χ2v) is 16.6. The number of methoxy groups -OCH3 is 1. The monoisotopic (exact) mass is 760 g/mol. The third kappa shape index (κ3) is 7.09. The van der Waals surface area contributed by atoms with E-state index in [-0.39, 0.29) is 54.8 Å². The zero-order valence-corrected chi connectivity index (χ0v) is 31.7. The van der Waals surface area contributed by atoms with E-state index in [1.54, 1.807) is 18.2 Å². The molecule has 2 unspecified atom stereocenters. The SMILES string of the molecule is C#Cc1c(F)ccc2cc(OCOC)cc(Oc3nc4c(N5CB6CCC(C5)N(C(=O)OC(C)(C)C)C6)nc(OC[C@@]56CCCN5CC(F)C6)nc4s3)c12. The lowest BCUT2D eigenvalue weighted by Gasteiger charge is -2.36. The molecular weight excluding hydrogens is 717 g/mol. The number of terminal acetylenes is 1. The Balaban J connectivity index is 1.17. The van der Waals surface area contributed by atoms with Crippen LogP contribution in [0.2, 0.25) is 6.32 Å². The van der Waals surface area contributed by atoms with Gasteiger partial charge >= 0.3 is 12.1 Å². The van der Waals surface area contributed by atoms with Gasteiger partial charge in [0.15, 0.2) is 24.2 Å². The first-order valence-corrected chi connectivity index (χ1v) is 19.2. The molecule has 0 saturated carbocycles. The fourth-order valence-corrected chi connectivity index (χ4v) is 9.24. The van der Waals surface area contributed by atoms with Crippen molar-refractivity contribution >= 4 is 51.1 Å². The van der Waals surface area contributed by atoms with Gasteiger partial charge in [-0.2, -0.15) is 15.0 Å². The van der Waals surface area contributed by atoms with Crippen LogP contribution in [0.5, 0.6) is 22.7 Å². The van der Waals surface area contributed by atoms with Crippen LogP contribution in [0.25, 0.3) is 21.1 Å². The number of carbonyl (C=O) groups is 1. The summed E-state index contributed by atoms with van der Waals surface area (Å²) in [6.45, 7) is 7.78. The molecule has 2 bridgehead atoms. The van der Waals surface area contributed by atoms with E-state index in [0.29, 0.717) is 65.1 Å². The number of benzene rings is 2. The predicted octanol–water partition coefficient (Wildman–Crippen LogP) is 6.49. The first-order valence-electron chi connectivity index (χ1n) is 18.4. The number of rotatable bonds is 9. The topological polar surface area (TPSA) is 112 Å². The van der Waals surface area contributed by atoms with Crippen LogP contribution >= 0.6 is 11.3 Å². The summed E-state index contributed by atoms with van der Waals surface area (Å²) >= 11 is 1.19. The Morgan fingerprint density at radius 3 is 2.81 bits per heavy atom. The van der Waals surface area contributed by atoms with Crippen LogP contribution in [0.4, 0.5) is 19.4 Å². The summed E-state index contributed by atoms with van der Waals surface area (Å²) in [5.41, 5.74) is -0.461. The molecule has 2 aromatic carbocycles. The third-order valence-corrected chi connectivity index (χ3v) is 11.6. The Morgan fingerprint density at radius 1 is 1.17 bits per heavy atom. The zero-order chi connectivity index (χ0) is 37.8. The quantitative estimate of drug-likeness (QED) is 0.106. The lowest BCUT2D eigenvalue weighted by Crippen LogP contribution is -2.51. The summed E-state index contributed by atoms with van der Waals surface area (Å²) in [6, 6.07) is 6.34. The summed E-state index contributed by atoms with van der Waals surface area (Å²) in [6.07, 6.45) is 9.80. The number of carbonyl (C=O) groups excluding carboxylic acids is 1. The molecule has 5 saturated heterocycles. The third-order valence-electron chi connectivity index (χ3n) is 10.8. The number of nitrogens with zero attached hydrogens (tertiary/aromatic N) is 6. The van der Waals surface area contributed by atoms with Crippen LogP contribution in [0, 0.1) is 18.2 Å². The van der Waals surface area contributed by atoms with Crippen molar-refractivity contribution in [1.29, 1.82) is 0 Å². The minimum Gasteiger partial charge on any atom is -0.467 e. The standard InChI is InChI=1S/C38H43BF2N6O6S/c1-6-27-28(41)9-8-23-14-26(51-22-49-5)15-29(30(23)27)52-35-42-31-32(45-18-25-10-12-39(20-45)21-47(25)36(48)53-37(2,3)4)43-34(44-33(31)54-35)50-19-38-11-7-13-46(38)17-24(40)16-38/h1,8-9,14-15,24-25H,7,10-13,16-22H2,2-5H3/t24?,25?,38-/m0/s1. The maximum atomic E-state index is 15.0. The first kappa shape index (κ1) is 36.5. The molecule has 9 rings (SSSR count). The lowest BCUT2D eigenvalue weighted by molar-refractivity contribution is 0.0195. The highest BCUT2D eigenvalue weighted by atomic mass is 32.1. The molecule has 12 nitrogen and oxygen atoms in total. The fraction of sp³-hybridized carbons (Fsp3) is 0.526. The van der Waals surface area contributed by atoms with Crippen molar-refractivity contribution in [3.8, 4) is 35.0 Å². The first-order chi connectivity index (χ1) is 25.9. The average molecular weight is 761 g/mol. The molecule has 5 fully saturated rings. The molecular formula is C38H43BF2N6O6S. The van der Waals surface area contributed by atoms with Gasteiger partial charge in [-0.3, -0.25) is 4.90 Å². The minimum atomic E-state index is -0.896. The van der Waals surface area contributed by atoms with E-state index in [4.69, 9.17) is 45.1 Å². The Labute approximate surface area is 317 Å². The smallest absolute Gasteiger partial charge is 0.409 e. The Hall–Kier alpha value is -4.46. The number of alkyl halides is 1. The van der Waals surface area contributed by atoms with Crippen molar-refractivity contribution < 1.29 is 37.3 Å². The molecule has 3 atom stereocenters. The highest BCUT2D eigenvalue weighted by Crippen LogP contribution is 2.43. The maximum Gasteiger partial charge on any atom is 0.409 e. The molecule has 2 aromatic heterocycles. The second kappa shape index (κ2) is 14.3. The van der Waals surface area contributed by atoms with Crippen LogP contribution in [0.3, 0.4) is 0 Å². The fourth-order valence-electron chi connectivity index (χ4n) is 8.45. The lowest BCUT2D eigenvalue weighted by atomic mass is 9.45. The van der Waals surface area contributed by atoms with E-state index in [0.717, 1.165) is 32.1 Å². The molecule has 4 aromatic rings. The van der Waals surface area contributed by atoms with E-state index in [1.807, 2.05) is 25.7 Å². The van der Waals surface area contributed by atoms with Gasteiger partial charge < -0.3 is 33.5 Å². The molecule has 0 N–H and O–H groups in total. The van der Waals surface area contributed by atoms with Gasteiger partial charge in [0.2, 0.25) is 0 Å². The number of fused-ring (bicyclic) bond motifs is 7. The van der Waals surface area contributed by atoms with Crippen LogP contribution in [-0.2, 0) is 9.47 Å². The van der Waals surface area contributed by atoms with Crippen LogP contribution in [-0.4, -0.2) is 114 Å². The molecule has 0 radical (unpaired) electrons. The largest absolute Gasteiger partial charge is 0.467 e. The van der Waals surface area contributed by atoms with E-state index >= 15 is 4.39 Å². The highest BCUT2D eigenvalue weighted by molar-refractivity contribution is 7.19. The van der Waals surface area contributed by atoms with Gasteiger partial charge in [0.05, 0.1) is 17.1 Å². The number of hydrogen-bond acceptors (Lipinski definition) is 12. The van der Waals surface area contributed by atoms with Gasteiger partial charge in [0, 0.05) is 44.5 Å². The van der Waals surface area contributed by atoms with Gasteiger partial charge in [-0.15, -0.1) is 6.42 Å². The average Bonchev–Trinajstić information content (AvgIpc) is 3.70. The van der Waals surface area contributed by atoms with E-state index in [2.05, 4.69) is 15.7 Å². The molecule has 284 valence electrons. The summed E-state index contributed by atoms with van der Waals surface area (Å²) in [5.74, 6) is 3.14. The minimum absolute atomic E-state index is 0.00872. The summed E-state index contributed by atoms with van der Waals surface area (Å²) in [4.78, 5) is 34.7. The van der Waals surface area contributed by atoms with Crippen molar-refractivity contribution in [2.75, 3.05) is 57.9 Å². The van der Waals surface area contributed by atoms with Crippen LogP contribution < -0.4 is 19.1 Å². The molecule has 0 spiro atoms. The summed E-state index contributed by atoms with van der Waals surface area (Å²) in [5, 5.41) is 1.23. The van der Waals surface area contributed by atoms with E-state index in [9.17, 15) is 9.18 Å². The Morgan fingerprint density at radius 2 is 2.02 bits per heavy atom. The van der Waals surface area contributed by atoms with Crippen LogP contribution in [0.15, 0.2) is 24.3 Å². The number of thiazole rings is 1. The number of halogens is 2. The van der Waals surface area contributed by atoms with Crippen molar-refractivity contribution in [3.63, 3.8) is 0 Å². The second-order valence-electron chi connectivity index (χ2n) is 15.7. The highest BCUT2D eigenvalue weighted by Gasteiger charge is 2.49. The van der Waals surface area contributed by atoms with Gasteiger partial charge in [-0.05, 0) is 70.5 Å². The van der Waals surface area contributed by atoms with Crippen LogP contribution in [0.1, 0.15) is 52.0 Å². The Kier molecular flexibility index (Phi) is 9.68. The number of ether oxygens (including phenoxy) is 5. The number of amides is 1. The molecule has 54 heavy (non-hydrogen) atoms. The molecule has 16 heteroatoms. The number of aromatic nitrogens is 3. The van der Waals surface area contributed by atoms with Gasteiger partial charge in [-0.1, -0.05) is 29.6 Å². The van der Waals surface area contributed by atoms with Gasteiger partial charge in [-0.25, -0.2) is 13.6 Å². The molecule has 7 heterocycles. The van der Waals surface area contributed by atoms with Gasteiger partial charge in [0.1, 0.15) is 41.2 Å². The maximum absolute atomic E-state index is 15.0. The van der Waals surface area contributed by atoms with E-state index in [1.165, 1.54) is 24.5 Å². The van der Waals surface area contributed by atoms with Gasteiger partial charge in [0.25, 0.3) is 5.19 Å². The number of hydrogen-bond donors (Lipinski definition) is 0. The molecule has 1 amide bonds. The van der Waals surface area contributed by atoms with E-state index < -0.39 is 23.1 Å². The Bertz CT molecular complexity index is 2130. The summed E-state index contributed by atoms with van der Waals surface area (Å²) in [7, 11) is 1.52. The predicted molar refractivity (Wildman–Crippen MR) is 202 cm³/mol. The van der Waals surface area contributed by atoms with Crippen molar-refractivity contribution in [1.82, 2.24) is 24.8 Å².